The lowest BCUT2D eigenvalue weighted by Gasteiger charge is -2.30. The van der Waals surface area contributed by atoms with Crippen molar-refractivity contribution in [3.05, 3.63) is 57.6 Å². The number of benzene rings is 2. The molecule has 0 aliphatic carbocycles. The van der Waals surface area contributed by atoms with Crippen LogP contribution in [0.3, 0.4) is 0 Å². The summed E-state index contributed by atoms with van der Waals surface area (Å²) in [5.41, 5.74) is 1.32. The monoisotopic (exact) mass is 498 g/mol. The average Bonchev–Trinajstić information content (AvgIpc) is 2.75. The molecule has 1 aliphatic heterocycles. The molecule has 1 aliphatic rings. The number of piperidine rings is 1. The average molecular weight is 499 g/mol. The van der Waals surface area contributed by atoms with Gasteiger partial charge in [-0.3, -0.25) is 4.79 Å². The molecule has 172 valence electrons. The molecule has 32 heavy (non-hydrogen) atoms. The van der Waals surface area contributed by atoms with Crippen molar-refractivity contribution in [1.29, 1.82) is 0 Å². The molecule has 10 heteroatoms. The van der Waals surface area contributed by atoms with E-state index in [1.54, 1.807) is 18.2 Å². The van der Waals surface area contributed by atoms with Gasteiger partial charge >= 0.3 is 5.97 Å². The molecule has 0 radical (unpaired) electrons. The van der Waals surface area contributed by atoms with Gasteiger partial charge in [0.25, 0.3) is 5.91 Å². The Labute approximate surface area is 197 Å². The zero-order valence-corrected chi connectivity index (χ0v) is 20.1. The van der Waals surface area contributed by atoms with Crippen LogP contribution in [0.5, 0.6) is 0 Å². The SMILES string of the molecule is Cc1ccc(NC(=O)COC(=O)c2ccc(Cl)c(S(=O)(=O)N3CCCC(C)C3)c2)cc1Cl. The third-order valence-corrected chi connectivity index (χ3v) is 7.95. The lowest BCUT2D eigenvalue weighted by atomic mass is 10.0. The summed E-state index contributed by atoms with van der Waals surface area (Å²) in [5, 5.41) is 3.10. The highest BCUT2D eigenvalue weighted by Crippen LogP contribution is 2.29. The number of rotatable bonds is 6. The van der Waals surface area contributed by atoms with Gasteiger partial charge in [-0.15, -0.1) is 0 Å². The van der Waals surface area contributed by atoms with Crippen molar-refractivity contribution in [3.63, 3.8) is 0 Å². The molecule has 1 saturated heterocycles. The third kappa shape index (κ3) is 5.81. The molecule has 1 N–H and O–H groups in total. The first-order valence-corrected chi connectivity index (χ1v) is 12.3. The van der Waals surface area contributed by atoms with E-state index >= 15 is 0 Å². The quantitative estimate of drug-likeness (QED) is 0.591. The summed E-state index contributed by atoms with van der Waals surface area (Å²) in [6.45, 7) is 4.09. The van der Waals surface area contributed by atoms with Crippen molar-refractivity contribution in [2.75, 3.05) is 25.0 Å². The van der Waals surface area contributed by atoms with E-state index in [0.717, 1.165) is 18.4 Å². The number of anilines is 1. The molecule has 0 bridgehead atoms. The first-order chi connectivity index (χ1) is 15.1. The summed E-state index contributed by atoms with van der Waals surface area (Å²) in [5.74, 6) is -1.14. The molecule has 1 fully saturated rings. The highest BCUT2D eigenvalue weighted by molar-refractivity contribution is 7.89. The molecule has 1 atom stereocenters. The molecule has 2 aromatic carbocycles. The first kappa shape index (κ1) is 24.5. The van der Waals surface area contributed by atoms with Gasteiger partial charge in [0.1, 0.15) is 4.90 Å². The Kier molecular flexibility index (Phi) is 7.82. The fourth-order valence-corrected chi connectivity index (χ4v) is 5.69. The number of ether oxygens (including phenoxy) is 1. The van der Waals surface area contributed by atoms with E-state index in [1.165, 1.54) is 22.5 Å². The van der Waals surface area contributed by atoms with Gasteiger partial charge in [0, 0.05) is 23.8 Å². The maximum Gasteiger partial charge on any atom is 0.338 e. The van der Waals surface area contributed by atoms with Gasteiger partial charge in [-0.05, 0) is 61.6 Å². The first-order valence-electron chi connectivity index (χ1n) is 10.1. The largest absolute Gasteiger partial charge is 0.452 e. The third-order valence-electron chi connectivity index (χ3n) is 5.19. The van der Waals surface area contributed by atoms with Gasteiger partial charge in [-0.1, -0.05) is 36.2 Å². The number of carbonyl (C=O) groups is 2. The molecular formula is C22H24Cl2N2O5S. The maximum absolute atomic E-state index is 13.1. The number of sulfonamides is 1. The van der Waals surface area contributed by atoms with Crippen LogP contribution in [0.2, 0.25) is 10.0 Å². The second-order valence-electron chi connectivity index (χ2n) is 7.84. The lowest BCUT2D eigenvalue weighted by Crippen LogP contribution is -2.39. The fraction of sp³-hybridized carbons (Fsp3) is 0.364. The molecule has 2 aromatic rings. The second kappa shape index (κ2) is 10.2. The lowest BCUT2D eigenvalue weighted by molar-refractivity contribution is -0.119. The highest BCUT2D eigenvalue weighted by atomic mass is 35.5. The van der Waals surface area contributed by atoms with Crippen LogP contribution in [-0.4, -0.2) is 44.3 Å². The van der Waals surface area contributed by atoms with E-state index in [-0.39, 0.29) is 21.4 Å². The van der Waals surface area contributed by atoms with Crippen molar-refractivity contribution in [3.8, 4) is 0 Å². The topological polar surface area (TPSA) is 92.8 Å². The normalized spacial score (nSPS) is 17.1. The standard InChI is InChI=1S/C22H24Cl2N2O5S/c1-14-4-3-9-26(12-14)32(29,30)20-10-16(6-8-18(20)23)22(28)31-13-21(27)25-17-7-5-15(2)19(24)11-17/h5-8,10-11,14H,3-4,9,12-13H2,1-2H3,(H,25,27). The summed E-state index contributed by atoms with van der Waals surface area (Å²) in [7, 11) is -3.86. The Morgan fingerprint density at radius 1 is 1.16 bits per heavy atom. The van der Waals surface area contributed by atoms with E-state index in [4.69, 9.17) is 27.9 Å². The molecule has 0 spiro atoms. The molecule has 3 rings (SSSR count). The van der Waals surface area contributed by atoms with E-state index in [0.29, 0.717) is 23.8 Å². The predicted octanol–water partition coefficient (Wildman–Crippen LogP) is 4.52. The Bertz CT molecular complexity index is 1140. The molecule has 1 heterocycles. The van der Waals surface area contributed by atoms with Crippen LogP contribution in [0, 0.1) is 12.8 Å². The minimum atomic E-state index is -3.86. The number of nitrogens with zero attached hydrogens (tertiary/aromatic N) is 1. The molecule has 0 aromatic heterocycles. The Morgan fingerprint density at radius 3 is 2.59 bits per heavy atom. The number of nitrogens with one attached hydrogen (secondary N) is 1. The van der Waals surface area contributed by atoms with Gasteiger partial charge in [0.2, 0.25) is 10.0 Å². The zero-order chi connectivity index (χ0) is 23.5. The molecular weight excluding hydrogens is 475 g/mol. The Hall–Kier alpha value is -2.13. The number of halogens is 2. The maximum atomic E-state index is 13.1. The van der Waals surface area contributed by atoms with E-state index < -0.39 is 28.5 Å². The van der Waals surface area contributed by atoms with Crippen LogP contribution in [0.15, 0.2) is 41.3 Å². The van der Waals surface area contributed by atoms with Crippen molar-refractivity contribution < 1.29 is 22.7 Å². The van der Waals surface area contributed by atoms with Crippen LogP contribution < -0.4 is 5.32 Å². The predicted molar refractivity (Wildman–Crippen MR) is 124 cm³/mol. The smallest absolute Gasteiger partial charge is 0.338 e. The van der Waals surface area contributed by atoms with Crippen LogP contribution in [0.4, 0.5) is 5.69 Å². The highest BCUT2D eigenvalue weighted by Gasteiger charge is 2.31. The second-order valence-corrected chi connectivity index (χ2v) is 10.6. The minimum absolute atomic E-state index is 0.00999. The summed E-state index contributed by atoms with van der Waals surface area (Å²) in [4.78, 5) is 24.4. The van der Waals surface area contributed by atoms with Gasteiger partial charge in [0.05, 0.1) is 10.6 Å². The minimum Gasteiger partial charge on any atom is -0.452 e. The van der Waals surface area contributed by atoms with Gasteiger partial charge < -0.3 is 10.1 Å². The summed E-state index contributed by atoms with van der Waals surface area (Å²) in [6.07, 6.45) is 1.73. The number of esters is 1. The van der Waals surface area contributed by atoms with Crippen molar-refractivity contribution in [1.82, 2.24) is 4.31 Å². The number of hydrogen-bond acceptors (Lipinski definition) is 5. The Balaban J connectivity index is 1.68. The molecule has 1 unspecified atom stereocenters. The number of hydrogen-bond donors (Lipinski definition) is 1. The number of aryl methyl sites for hydroxylation is 1. The van der Waals surface area contributed by atoms with E-state index in [2.05, 4.69) is 5.32 Å². The van der Waals surface area contributed by atoms with Crippen molar-refractivity contribution in [2.24, 2.45) is 5.92 Å². The molecule has 7 nitrogen and oxygen atoms in total. The number of amides is 1. The Morgan fingerprint density at radius 2 is 1.91 bits per heavy atom. The fourth-order valence-electron chi connectivity index (χ4n) is 3.41. The van der Waals surface area contributed by atoms with Gasteiger partial charge in [-0.2, -0.15) is 4.31 Å². The van der Waals surface area contributed by atoms with Crippen LogP contribution in [-0.2, 0) is 19.6 Å². The van der Waals surface area contributed by atoms with Crippen LogP contribution in [0.1, 0.15) is 35.7 Å². The summed E-state index contributed by atoms with van der Waals surface area (Å²) < 4.78 is 32.6. The molecule has 0 saturated carbocycles. The van der Waals surface area contributed by atoms with E-state index in [1.807, 2.05) is 13.8 Å². The van der Waals surface area contributed by atoms with Crippen LogP contribution in [0.25, 0.3) is 0 Å². The zero-order valence-electron chi connectivity index (χ0n) is 17.7. The summed E-state index contributed by atoms with van der Waals surface area (Å²) >= 11 is 12.2. The molecule has 1 amide bonds. The summed E-state index contributed by atoms with van der Waals surface area (Å²) in [6, 6.07) is 8.92. The van der Waals surface area contributed by atoms with Crippen molar-refractivity contribution >= 4 is 50.8 Å². The van der Waals surface area contributed by atoms with E-state index in [9.17, 15) is 18.0 Å². The van der Waals surface area contributed by atoms with Crippen LogP contribution >= 0.6 is 23.2 Å². The van der Waals surface area contributed by atoms with Gasteiger partial charge in [0.15, 0.2) is 6.61 Å². The van der Waals surface area contributed by atoms with Crippen molar-refractivity contribution in [2.45, 2.75) is 31.6 Å². The number of carbonyl (C=O) groups excluding carboxylic acids is 2. The van der Waals surface area contributed by atoms with Gasteiger partial charge in [-0.25, -0.2) is 13.2 Å².